The quantitative estimate of drug-likeness (QED) is 0.0324. The first-order chi connectivity index (χ1) is 29.7. The van der Waals surface area contributed by atoms with E-state index in [2.05, 4.69) is 83.1 Å². The van der Waals surface area contributed by atoms with Gasteiger partial charge in [-0.3, -0.25) is 0 Å². The second kappa shape index (κ2) is 50.4. The zero-order chi connectivity index (χ0) is 47.7. The van der Waals surface area contributed by atoms with Crippen LogP contribution in [0.4, 0.5) is 0 Å². The van der Waals surface area contributed by atoms with Gasteiger partial charge in [0.15, 0.2) is 0 Å². The molecular formula is C54H123N3O4P+3. The van der Waals surface area contributed by atoms with Gasteiger partial charge in [-0.25, -0.2) is 4.57 Å². The summed E-state index contributed by atoms with van der Waals surface area (Å²) >= 11 is 0. The van der Waals surface area contributed by atoms with Gasteiger partial charge in [-0.2, -0.15) is 0 Å². The van der Waals surface area contributed by atoms with Crippen molar-refractivity contribution in [3.05, 3.63) is 0 Å². The molecule has 0 amide bonds. The molecule has 0 bridgehead atoms. The SMILES string of the molecule is CCCCCCCCCCCC[N+](CC)(CC)CC.CCCCCCCCCCCC[N+](CC)(CC)CC.CCCCCCCCCCCC[N+](CC)(CC)CC.O=P(O)(O)O. The zero-order valence-corrected chi connectivity index (χ0v) is 46.1. The fourth-order valence-corrected chi connectivity index (χ4v) is 9.24. The fraction of sp³-hybridized carbons (Fsp3) is 1.00. The molecule has 62 heavy (non-hydrogen) atoms. The highest BCUT2D eigenvalue weighted by Gasteiger charge is 2.21. The van der Waals surface area contributed by atoms with Crippen LogP contribution in [0.5, 0.6) is 0 Å². The Kier molecular flexibility index (Phi) is 55.7. The molecule has 3 N–H and O–H groups in total. The van der Waals surface area contributed by atoms with Crippen LogP contribution in [0, 0.1) is 0 Å². The highest BCUT2D eigenvalue weighted by atomic mass is 31.2. The lowest BCUT2D eigenvalue weighted by Crippen LogP contribution is -2.48. The number of quaternary nitrogens is 3. The van der Waals surface area contributed by atoms with Gasteiger partial charge < -0.3 is 28.1 Å². The van der Waals surface area contributed by atoms with Gasteiger partial charge in [0, 0.05) is 0 Å². The molecule has 0 saturated heterocycles. The molecule has 0 spiro atoms. The predicted octanol–water partition coefficient (Wildman–Crippen LogP) is 16.4. The van der Waals surface area contributed by atoms with E-state index >= 15 is 0 Å². The summed E-state index contributed by atoms with van der Waals surface area (Å²) in [6, 6.07) is 0. The summed E-state index contributed by atoms with van der Waals surface area (Å²) in [6.45, 7) is 44.0. The van der Waals surface area contributed by atoms with Crippen molar-refractivity contribution in [2.24, 2.45) is 0 Å². The minimum atomic E-state index is -4.64. The van der Waals surface area contributed by atoms with E-state index < -0.39 is 7.82 Å². The molecule has 0 saturated carbocycles. The Bertz CT molecular complexity index is 746. The molecule has 0 fully saturated rings. The number of hydrogen-bond donors (Lipinski definition) is 3. The standard InChI is InChI=1S/3C18H40N.H3O4P/c3*1-5-9-10-11-12-13-14-15-16-17-18-19(6-2,7-3)8-4;1-5(2,3)4/h3*5-18H2,1-4H3;(H3,1,2,3,4)/q3*+1;. The first-order valence-electron chi connectivity index (χ1n) is 28.1. The summed E-state index contributed by atoms with van der Waals surface area (Å²) < 4.78 is 12.9. The summed E-state index contributed by atoms with van der Waals surface area (Å²) in [5, 5.41) is 0. The molecule has 0 aromatic heterocycles. The molecule has 0 aromatic carbocycles. The molecule has 0 rings (SSSR count). The summed E-state index contributed by atoms with van der Waals surface area (Å²) in [4.78, 5) is 21.6. The van der Waals surface area contributed by atoms with Crippen molar-refractivity contribution in [1.29, 1.82) is 0 Å². The molecule has 0 aliphatic carbocycles. The summed E-state index contributed by atoms with van der Waals surface area (Å²) in [5.41, 5.74) is 0. The monoisotopic (exact) mass is 909 g/mol. The molecule has 0 unspecified atom stereocenters. The van der Waals surface area contributed by atoms with Crippen LogP contribution in [0.15, 0.2) is 0 Å². The van der Waals surface area contributed by atoms with Gasteiger partial charge in [-0.15, -0.1) is 0 Å². The van der Waals surface area contributed by atoms with Crippen LogP contribution in [0.25, 0.3) is 0 Å². The number of hydrogen-bond acceptors (Lipinski definition) is 1. The van der Waals surface area contributed by atoms with Crippen molar-refractivity contribution in [2.75, 3.05) is 78.5 Å². The smallest absolute Gasteiger partial charge is 0.324 e. The third kappa shape index (κ3) is 47.9. The maximum absolute atomic E-state index is 8.88. The van der Waals surface area contributed by atoms with Gasteiger partial charge in [0.25, 0.3) is 0 Å². The Morgan fingerprint density at radius 3 is 0.468 bits per heavy atom. The van der Waals surface area contributed by atoms with E-state index in [4.69, 9.17) is 19.2 Å². The van der Waals surface area contributed by atoms with E-state index in [-0.39, 0.29) is 0 Å². The van der Waals surface area contributed by atoms with Crippen LogP contribution in [0.3, 0.4) is 0 Å². The predicted molar refractivity (Wildman–Crippen MR) is 280 cm³/mol. The van der Waals surface area contributed by atoms with Crippen molar-refractivity contribution < 1.29 is 32.7 Å². The summed E-state index contributed by atoms with van der Waals surface area (Å²) in [6.07, 6.45) is 43.5. The molecule has 0 atom stereocenters. The van der Waals surface area contributed by atoms with Crippen LogP contribution in [-0.4, -0.2) is 107 Å². The van der Waals surface area contributed by atoms with E-state index in [1.807, 2.05) is 0 Å². The average Bonchev–Trinajstić information content (AvgIpc) is 3.27. The van der Waals surface area contributed by atoms with Crippen molar-refractivity contribution in [3.8, 4) is 0 Å². The van der Waals surface area contributed by atoms with Gasteiger partial charge in [0.2, 0.25) is 0 Å². The van der Waals surface area contributed by atoms with E-state index in [0.29, 0.717) is 0 Å². The van der Waals surface area contributed by atoms with E-state index in [1.54, 1.807) is 0 Å². The number of phosphoric acid groups is 1. The van der Waals surface area contributed by atoms with E-state index in [1.165, 1.54) is 285 Å². The third-order valence-electron chi connectivity index (χ3n) is 15.0. The van der Waals surface area contributed by atoms with Crippen LogP contribution in [-0.2, 0) is 4.57 Å². The van der Waals surface area contributed by atoms with Crippen LogP contribution in [0.2, 0.25) is 0 Å². The maximum atomic E-state index is 8.88. The molecule has 380 valence electrons. The minimum Gasteiger partial charge on any atom is -0.324 e. The molecule has 7 nitrogen and oxygen atoms in total. The molecule has 0 aromatic rings. The first-order valence-corrected chi connectivity index (χ1v) is 29.6. The van der Waals surface area contributed by atoms with Gasteiger partial charge in [0.1, 0.15) is 0 Å². The Labute approximate surface area is 393 Å². The van der Waals surface area contributed by atoms with Crippen LogP contribution >= 0.6 is 7.82 Å². The zero-order valence-electron chi connectivity index (χ0n) is 45.2. The van der Waals surface area contributed by atoms with Crippen LogP contribution in [0.1, 0.15) is 276 Å². The molecule has 8 heteroatoms. The summed E-state index contributed by atoms with van der Waals surface area (Å²) in [5.74, 6) is 0. The molecule has 0 aliphatic heterocycles. The Morgan fingerprint density at radius 2 is 0.355 bits per heavy atom. The van der Waals surface area contributed by atoms with Crippen molar-refractivity contribution in [1.82, 2.24) is 0 Å². The highest BCUT2D eigenvalue weighted by Crippen LogP contribution is 2.26. The Morgan fingerprint density at radius 1 is 0.242 bits per heavy atom. The van der Waals surface area contributed by atoms with Gasteiger partial charge in [0.05, 0.1) is 78.5 Å². The Balaban J connectivity index is -0.000000385. The molecule has 0 aliphatic rings. The normalized spacial score (nSPS) is 12.0. The molecule has 0 heterocycles. The largest absolute Gasteiger partial charge is 0.466 e. The third-order valence-corrected chi connectivity index (χ3v) is 15.0. The summed E-state index contributed by atoms with van der Waals surface area (Å²) in [7, 11) is -4.64. The lowest BCUT2D eigenvalue weighted by Gasteiger charge is -2.35. The number of nitrogens with zero attached hydrogens (tertiary/aromatic N) is 3. The van der Waals surface area contributed by atoms with Crippen molar-refractivity contribution in [2.45, 2.75) is 276 Å². The average molecular weight is 910 g/mol. The highest BCUT2D eigenvalue weighted by molar-refractivity contribution is 7.45. The first kappa shape index (κ1) is 68.6. The van der Waals surface area contributed by atoms with E-state index in [9.17, 15) is 0 Å². The molecular weight excluding hydrogens is 786 g/mol. The topological polar surface area (TPSA) is 77.8 Å². The lowest BCUT2D eigenvalue weighted by molar-refractivity contribution is -0.923. The van der Waals surface area contributed by atoms with Crippen molar-refractivity contribution in [3.63, 3.8) is 0 Å². The Hall–Kier alpha value is -0.0100. The van der Waals surface area contributed by atoms with Gasteiger partial charge in [-0.05, 0) is 101 Å². The van der Waals surface area contributed by atoms with Gasteiger partial charge in [-0.1, -0.05) is 175 Å². The van der Waals surface area contributed by atoms with Crippen molar-refractivity contribution >= 4 is 7.82 Å². The second-order valence-corrected chi connectivity index (χ2v) is 20.1. The lowest BCUT2D eigenvalue weighted by atomic mass is 10.1. The molecule has 0 radical (unpaired) electrons. The number of rotatable bonds is 42. The van der Waals surface area contributed by atoms with Crippen LogP contribution < -0.4 is 0 Å². The fourth-order valence-electron chi connectivity index (χ4n) is 9.24. The van der Waals surface area contributed by atoms with Gasteiger partial charge >= 0.3 is 7.82 Å². The number of unbranched alkanes of at least 4 members (excludes halogenated alkanes) is 27. The van der Waals surface area contributed by atoms with E-state index in [0.717, 1.165) is 0 Å². The minimum absolute atomic E-state index is 1.31. The second-order valence-electron chi connectivity index (χ2n) is 19.1. The maximum Gasteiger partial charge on any atom is 0.466 e.